The summed E-state index contributed by atoms with van der Waals surface area (Å²) in [5.41, 5.74) is 10.2. The van der Waals surface area contributed by atoms with Crippen LogP contribution < -0.4 is 21.1 Å². The van der Waals surface area contributed by atoms with Crippen LogP contribution in [0.3, 0.4) is 0 Å². The van der Waals surface area contributed by atoms with Gasteiger partial charge in [0, 0.05) is 46.7 Å². The molecular formula is C27H24FN5O3. The Hall–Kier alpha value is -4.40. The third kappa shape index (κ3) is 3.38. The van der Waals surface area contributed by atoms with E-state index in [1.54, 1.807) is 24.4 Å². The van der Waals surface area contributed by atoms with Crippen molar-refractivity contribution >= 4 is 39.6 Å². The lowest BCUT2D eigenvalue weighted by atomic mass is 9.95. The number of nitrogen functional groups attached to an aromatic ring is 1. The van der Waals surface area contributed by atoms with E-state index >= 15 is 4.39 Å². The van der Waals surface area contributed by atoms with Gasteiger partial charge in [-0.25, -0.2) is 19.2 Å². The first-order chi connectivity index (χ1) is 17.2. The fraction of sp³-hybridized carbons (Fsp3) is 0.222. The highest BCUT2D eigenvalue weighted by Crippen LogP contribution is 2.40. The fourth-order valence-corrected chi connectivity index (χ4v) is 4.86. The number of anilines is 4. The van der Waals surface area contributed by atoms with Gasteiger partial charge < -0.3 is 25.8 Å². The van der Waals surface area contributed by atoms with Crippen LogP contribution in [0.1, 0.15) is 35.3 Å². The van der Waals surface area contributed by atoms with Gasteiger partial charge in [0.25, 0.3) is 0 Å². The first-order valence-corrected chi connectivity index (χ1v) is 11.6. The normalized spacial score (nSPS) is 15.5. The van der Waals surface area contributed by atoms with Crippen LogP contribution in [0.5, 0.6) is 5.88 Å². The number of pyridine rings is 2. The Morgan fingerprint density at radius 3 is 2.78 bits per heavy atom. The van der Waals surface area contributed by atoms with Gasteiger partial charge in [-0.15, -0.1) is 0 Å². The number of benzene rings is 2. The number of nitrogens with two attached hydrogens (primary N) is 1. The predicted octanol–water partition coefficient (Wildman–Crippen LogP) is 5.28. The predicted molar refractivity (Wildman–Crippen MR) is 136 cm³/mol. The molecule has 0 saturated heterocycles. The number of nitrogens with one attached hydrogen (secondary N) is 2. The SMILES string of the molecule is Cc1c(-c2cc3cc(Nc4ccc5c(c4)C(=O)OC5(C)C)ncc3c(N)c2F)cnc2c1NCCO2. The van der Waals surface area contributed by atoms with Crippen LogP contribution in [0, 0.1) is 12.7 Å². The number of halogens is 1. The number of carbonyl (C=O) groups is 1. The van der Waals surface area contributed by atoms with E-state index in [2.05, 4.69) is 20.6 Å². The summed E-state index contributed by atoms with van der Waals surface area (Å²) in [5, 5.41) is 7.73. The Bertz CT molecular complexity index is 1580. The van der Waals surface area contributed by atoms with E-state index in [1.165, 1.54) is 6.20 Å². The lowest BCUT2D eigenvalue weighted by Crippen LogP contribution is -2.20. The van der Waals surface area contributed by atoms with Crippen LogP contribution >= 0.6 is 0 Å². The van der Waals surface area contributed by atoms with Crippen molar-refractivity contribution in [2.24, 2.45) is 0 Å². The number of esters is 1. The monoisotopic (exact) mass is 485 g/mol. The molecule has 6 rings (SSSR count). The van der Waals surface area contributed by atoms with Gasteiger partial charge in [0.1, 0.15) is 23.7 Å². The summed E-state index contributed by atoms with van der Waals surface area (Å²) in [6.45, 7) is 6.80. The van der Waals surface area contributed by atoms with Crippen LogP contribution in [-0.4, -0.2) is 29.1 Å². The quantitative estimate of drug-likeness (QED) is 0.266. The highest BCUT2D eigenvalue weighted by Gasteiger charge is 2.37. The van der Waals surface area contributed by atoms with Crippen LogP contribution in [0.15, 0.2) is 42.7 Å². The van der Waals surface area contributed by atoms with Gasteiger partial charge >= 0.3 is 5.97 Å². The molecule has 0 saturated carbocycles. The average Bonchev–Trinajstić information content (AvgIpc) is 3.09. The number of hydrogen-bond acceptors (Lipinski definition) is 8. The van der Waals surface area contributed by atoms with Crippen LogP contribution in [-0.2, 0) is 10.3 Å². The first kappa shape index (κ1) is 22.1. The minimum atomic E-state index is -0.657. The molecule has 2 aromatic carbocycles. The molecule has 0 amide bonds. The van der Waals surface area contributed by atoms with Gasteiger partial charge in [0.2, 0.25) is 5.88 Å². The maximum atomic E-state index is 15.4. The lowest BCUT2D eigenvalue weighted by Gasteiger charge is -2.22. The summed E-state index contributed by atoms with van der Waals surface area (Å²) >= 11 is 0. The molecule has 2 aliphatic rings. The molecule has 4 N–H and O–H groups in total. The van der Waals surface area contributed by atoms with Crippen LogP contribution in [0.25, 0.3) is 21.9 Å². The minimum absolute atomic E-state index is 0.0189. The van der Waals surface area contributed by atoms with Crippen molar-refractivity contribution < 1.29 is 18.7 Å². The number of cyclic esters (lactones) is 1. The molecule has 0 unspecified atom stereocenters. The van der Waals surface area contributed by atoms with Gasteiger partial charge in [-0.2, -0.15) is 0 Å². The van der Waals surface area contributed by atoms with Crippen molar-refractivity contribution in [3.8, 4) is 17.0 Å². The number of rotatable bonds is 3. The number of ether oxygens (including phenoxy) is 2. The fourth-order valence-electron chi connectivity index (χ4n) is 4.86. The topological polar surface area (TPSA) is 111 Å². The minimum Gasteiger partial charge on any atom is -0.474 e. The Labute approximate surface area is 206 Å². The molecule has 0 fully saturated rings. The average molecular weight is 486 g/mol. The van der Waals surface area contributed by atoms with Crippen LogP contribution in [0.4, 0.5) is 27.3 Å². The van der Waals surface area contributed by atoms with E-state index in [4.69, 9.17) is 15.2 Å². The Kier molecular flexibility index (Phi) is 4.79. The zero-order chi connectivity index (χ0) is 25.2. The van der Waals surface area contributed by atoms with Crippen molar-refractivity contribution in [2.45, 2.75) is 26.4 Å². The Morgan fingerprint density at radius 2 is 1.94 bits per heavy atom. The molecule has 0 aliphatic carbocycles. The molecule has 0 radical (unpaired) electrons. The van der Waals surface area contributed by atoms with Gasteiger partial charge in [-0.05, 0) is 56.0 Å². The zero-order valence-electron chi connectivity index (χ0n) is 20.0. The van der Waals surface area contributed by atoms with Crippen molar-refractivity contribution in [3.05, 3.63) is 65.2 Å². The van der Waals surface area contributed by atoms with Gasteiger partial charge in [-0.1, -0.05) is 6.07 Å². The molecule has 4 aromatic rings. The summed E-state index contributed by atoms with van der Waals surface area (Å²) in [6, 6.07) is 9.04. The van der Waals surface area contributed by atoms with Gasteiger partial charge in [0.15, 0.2) is 5.82 Å². The summed E-state index contributed by atoms with van der Waals surface area (Å²) in [6.07, 6.45) is 3.15. The second kappa shape index (κ2) is 7.81. The largest absolute Gasteiger partial charge is 0.474 e. The van der Waals surface area contributed by atoms with Gasteiger partial charge in [0.05, 0.1) is 11.3 Å². The molecule has 0 bridgehead atoms. The first-order valence-electron chi connectivity index (χ1n) is 11.6. The van der Waals surface area contributed by atoms with E-state index in [1.807, 2.05) is 32.9 Å². The number of nitrogens with zero attached hydrogens (tertiary/aromatic N) is 2. The molecule has 2 aliphatic heterocycles. The summed E-state index contributed by atoms with van der Waals surface area (Å²) < 4.78 is 26.5. The standard InChI is InChI=1S/C27H24FN5O3/c1-13-18(11-32-25-24(13)30-6-7-35-25)16-8-14-9-21(31-12-19(14)23(29)22(16)28)33-15-4-5-20-17(10-15)26(34)36-27(20,2)3/h4-5,8-12,30H,6-7,29H2,1-3H3,(H,31,33). The maximum Gasteiger partial charge on any atom is 0.339 e. The van der Waals surface area contributed by atoms with Crippen molar-refractivity contribution in [1.82, 2.24) is 9.97 Å². The molecule has 2 aromatic heterocycles. The molecular weight excluding hydrogens is 461 g/mol. The Balaban J connectivity index is 1.40. The second-order valence-corrected chi connectivity index (χ2v) is 9.48. The molecule has 182 valence electrons. The molecule has 0 atom stereocenters. The highest BCUT2D eigenvalue weighted by atomic mass is 19.1. The smallest absolute Gasteiger partial charge is 0.339 e. The van der Waals surface area contributed by atoms with Gasteiger partial charge in [-0.3, -0.25) is 0 Å². The van der Waals surface area contributed by atoms with E-state index in [-0.39, 0.29) is 11.7 Å². The van der Waals surface area contributed by atoms with E-state index in [0.717, 1.165) is 16.8 Å². The summed E-state index contributed by atoms with van der Waals surface area (Å²) in [7, 11) is 0. The molecule has 4 heterocycles. The van der Waals surface area contributed by atoms with Crippen LogP contribution in [0.2, 0.25) is 0 Å². The second-order valence-electron chi connectivity index (χ2n) is 9.48. The zero-order valence-corrected chi connectivity index (χ0v) is 20.0. The molecule has 8 nitrogen and oxygen atoms in total. The number of carbonyl (C=O) groups excluding carboxylic acids is 1. The molecule has 0 spiro atoms. The number of aromatic nitrogens is 2. The van der Waals surface area contributed by atoms with Crippen molar-refractivity contribution in [2.75, 3.05) is 29.5 Å². The maximum absolute atomic E-state index is 15.4. The van der Waals surface area contributed by atoms with Crippen molar-refractivity contribution in [3.63, 3.8) is 0 Å². The van der Waals surface area contributed by atoms with Crippen molar-refractivity contribution in [1.29, 1.82) is 0 Å². The molecule has 9 heteroatoms. The third-order valence-corrected chi connectivity index (χ3v) is 6.74. The summed E-state index contributed by atoms with van der Waals surface area (Å²) in [4.78, 5) is 21.1. The number of hydrogen-bond donors (Lipinski definition) is 3. The Morgan fingerprint density at radius 1 is 1.11 bits per heavy atom. The lowest BCUT2D eigenvalue weighted by molar-refractivity contribution is 0.00954. The number of fused-ring (bicyclic) bond motifs is 3. The van der Waals surface area contributed by atoms with E-state index in [9.17, 15) is 4.79 Å². The molecule has 36 heavy (non-hydrogen) atoms. The third-order valence-electron chi connectivity index (χ3n) is 6.74. The van der Waals surface area contributed by atoms with E-state index < -0.39 is 11.4 Å². The summed E-state index contributed by atoms with van der Waals surface area (Å²) in [5.74, 6) is 0.160. The van der Waals surface area contributed by atoms with E-state index in [0.29, 0.717) is 58.0 Å². The highest BCUT2D eigenvalue weighted by molar-refractivity contribution is 5.99.